The predicted octanol–water partition coefficient (Wildman–Crippen LogP) is 1.37. The maximum Gasteiger partial charge on any atom is 0.131 e. The van der Waals surface area contributed by atoms with Crippen molar-refractivity contribution < 1.29 is 9.84 Å². The molecule has 1 aromatic carbocycles. The van der Waals surface area contributed by atoms with E-state index in [-0.39, 0.29) is 6.61 Å². The van der Waals surface area contributed by atoms with Gasteiger partial charge in [-0.3, -0.25) is 0 Å². The lowest BCUT2D eigenvalue weighted by atomic mass is 10.3. The van der Waals surface area contributed by atoms with E-state index in [4.69, 9.17) is 9.84 Å². The highest BCUT2D eigenvalue weighted by Gasteiger charge is 2.10. The summed E-state index contributed by atoms with van der Waals surface area (Å²) in [6.45, 7) is -0.103. The van der Waals surface area contributed by atoms with E-state index >= 15 is 0 Å². The Kier molecular flexibility index (Phi) is 3.39. The highest BCUT2D eigenvalue weighted by Crippen LogP contribution is 2.18. The molecule has 16 heavy (non-hydrogen) atoms. The van der Waals surface area contributed by atoms with Gasteiger partial charge in [-0.15, -0.1) is 5.10 Å². The Balaban J connectivity index is 2.38. The van der Waals surface area contributed by atoms with Gasteiger partial charge in [-0.25, -0.2) is 4.68 Å². The normalized spacial score (nSPS) is 10.4. The standard InChI is InChI=1S/C10H10IN3O2/c1-16-8-4-2-7(3-5-8)14-10(11)9(6-15)12-13-14/h2-5,15H,6H2,1H3. The number of aromatic nitrogens is 3. The van der Waals surface area contributed by atoms with Crippen LogP contribution in [0.15, 0.2) is 24.3 Å². The van der Waals surface area contributed by atoms with Crippen LogP contribution >= 0.6 is 22.6 Å². The molecule has 0 aliphatic heterocycles. The molecule has 1 aromatic heterocycles. The number of hydrogen-bond donors (Lipinski definition) is 1. The molecule has 0 radical (unpaired) electrons. The number of ether oxygens (including phenoxy) is 1. The van der Waals surface area contributed by atoms with E-state index in [1.807, 2.05) is 24.3 Å². The van der Waals surface area contributed by atoms with Crippen molar-refractivity contribution in [1.29, 1.82) is 0 Å². The summed E-state index contributed by atoms with van der Waals surface area (Å²) in [4.78, 5) is 0. The summed E-state index contributed by atoms with van der Waals surface area (Å²) in [5, 5.41) is 16.9. The average molecular weight is 331 g/mol. The second-order valence-electron chi connectivity index (χ2n) is 3.09. The number of benzene rings is 1. The van der Waals surface area contributed by atoms with Crippen molar-refractivity contribution in [3.63, 3.8) is 0 Å². The lowest BCUT2D eigenvalue weighted by molar-refractivity contribution is 0.276. The molecule has 2 rings (SSSR count). The molecule has 0 aliphatic rings. The lowest BCUT2D eigenvalue weighted by Crippen LogP contribution is -1.99. The van der Waals surface area contributed by atoms with Crippen molar-refractivity contribution >= 4 is 22.6 Å². The smallest absolute Gasteiger partial charge is 0.131 e. The molecule has 0 atom stereocenters. The first-order chi connectivity index (χ1) is 7.76. The van der Waals surface area contributed by atoms with Gasteiger partial charge in [-0.2, -0.15) is 0 Å². The third-order valence-corrected chi connectivity index (χ3v) is 3.23. The van der Waals surface area contributed by atoms with Crippen molar-refractivity contribution in [2.24, 2.45) is 0 Å². The number of nitrogens with zero attached hydrogens (tertiary/aromatic N) is 3. The Morgan fingerprint density at radius 3 is 2.56 bits per heavy atom. The molecule has 0 aliphatic carbocycles. The molecule has 2 aromatic rings. The molecule has 0 spiro atoms. The van der Waals surface area contributed by atoms with E-state index in [1.54, 1.807) is 11.8 Å². The maximum absolute atomic E-state index is 9.02. The fourth-order valence-electron chi connectivity index (χ4n) is 1.29. The van der Waals surface area contributed by atoms with Gasteiger partial charge < -0.3 is 9.84 Å². The molecule has 1 heterocycles. The third-order valence-electron chi connectivity index (χ3n) is 2.15. The van der Waals surface area contributed by atoms with Gasteiger partial charge in [0.25, 0.3) is 0 Å². The van der Waals surface area contributed by atoms with Crippen LogP contribution < -0.4 is 4.74 Å². The number of aliphatic hydroxyl groups excluding tert-OH is 1. The van der Waals surface area contributed by atoms with Crippen molar-refractivity contribution in [2.75, 3.05) is 7.11 Å². The second-order valence-corrected chi connectivity index (χ2v) is 4.12. The fourth-order valence-corrected chi connectivity index (χ4v) is 1.94. The summed E-state index contributed by atoms with van der Waals surface area (Å²) in [6.07, 6.45) is 0. The van der Waals surface area contributed by atoms with E-state index in [0.717, 1.165) is 15.1 Å². The maximum atomic E-state index is 9.02. The summed E-state index contributed by atoms with van der Waals surface area (Å²) < 4.78 is 7.56. The number of halogens is 1. The predicted molar refractivity (Wildman–Crippen MR) is 66.6 cm³/mol. The van der Waals surface area contributed by atoms with Crippen LogP contribution in [0.2, 0.25) is 0 Å². The molecule has 0 fully saturated rings. The van der Waals surface area contributed by atoms with Crippen LogP contribution in [0.1, 0.15) is 5.69 Å². The van der Waals surface area contributed by atoms with Gasteiger partial charge in [0, 0.05) is 0 Å². The van der Waals surface area contributed by atoms with Crippen LogP contribution in [-0.4, -0.2) is 27.2 Å². The highest BCUT2D eigenvalue weighted by atomic mass is 127. The minimum atomic E-state index is -0.103. The Hall–Kier alpha value is -1.15. The molecular formula is C10H10IN3O2. The number of rotatable bonds is 3. The first-order valence-electron chi connectivity index (χ1n) is 4.61. The molecule has 0 bridgehead atoms. The van der Waals surface area contributed by atoms with Gasteiger partial charge in [0.15, 0.2) is 0 Å². The molecule has 6 heteroatoms. The average Bonchev–Trinajstić information content (AvgIpc) is 2.70. The molecule has 0 unspecified atom stereocenters. The van der Waals surface area contributed by atoms with Crippen LogP contribution in [0.25, 0.3) is 5.69 Å². The third kappa shape index (κ3) is 2.03. The monoisotopic (exact) mass is 331 g/mol. The summed E-state index contributed by atoms with van der Waals surface area (Å²) in [6, 6.07) is 7.48. The summed E-state index contributed by atoms with van der Waals surface area (Å²) in [5.41, 5.74) is 1.47. The molecule has 0 amide bonds. The van der Waals surface area contributed by atoms with Crippen molar-refractivity contribution in [1.82, 2.24) is 15.0 Å². The van der Waals surface area contributed by atoms with Crippen LogP contribution in [-0.2, 0) is 6.61 Å². The quantitative estimate of drug-likeness (QED) is 0.863. The van der Waals surface area contributed by atoms with E-state index < -0.39 is 0 Å². The largest absolute Gasteiger partial charge is 0.497 e. The van der Waals surface area contributed by atoms with Crippen molar-refractivity contribution in [2.45, 2.75) is 6.61 Å². The van der Waals surface area contributed by atoms with Crippen LogP contribution in [0.3, 0.4) is 0 Å². The lowest BCUT2D eigenvalue weighted by Gasteiger charge is -2.03. The van der Waals surface area contributed by atoms with Gasteiger partial charge in [0.05, 0.1) is 19.4 Å². The summed E-state index contributed by atoms with van der Waals surface area (Å²) in [7, 11) is 1.62. The van der Waals surface area contributed by atoms with E-state index in [9.17, 15) is 0 Å². The van der Waals surface area contributed by atoms with Gasteiger partial charge >= 0.3 is 0 Å². The van der Waals surface area contributed by atoms with E-state index in [0.29, 0.717) is 5.69 Å². The van der Waals surface area contributed by atoms with Crippen LogP contribution in [0.4, 0.5) is 0 Å². The van der Waals surface area contributed by atoms with Crippen LogP contribution in [0, 0.1) is 3.70 Å². The molecule has 0 saturated carbocycles. The number of methoxy groups -OCH3 is 1. The Labute approximate surface area is 106 Å². The molecule has 1 N–H and O–H groups in total. The number of aliphatic hydroxyl groups is 1. The number of hydrogen-bond acceptors (Lipinski definition) is 4. The summed E-state index contributed by atoms with van der Waals surface area (Å²) in [5.74, 6) is 0.793. The van der Waals surface area contributed by atoms with Crippen molar-refractivity contribution in [3.05, 3.63) is 33.7 Å². The zero-order valence-electron chi connectivity index (χ0n) is 8.59. The SMILES string of the molecule is COc1ccc(-n2nnc(CO)c2I)cc1. The molecule has 5 nitrogen and oxygen atoms in total. The molecule has 84 valence electrons. The van der Waals surface area contributed by atoms with E-state index in [1.165, 1.54) is 0 Å². The van der Waals surface area contributed by atoms with Crippen molar-refractivity contribution in [3.8, 4) is 11.4 Å². The summed E-state index contributed by atoms with van der Waals surface area (Å²) >= 11 is 2.10. The second kappa shape index (κ2) is 4.79. The zero-order valence-corrected chi connectivity index (χ0v) is 10.7. The molecule has 0 saturated heterocycles. The Morgan fingerprint density at radius 1 is 1.38 bits per heavy atom. The Bertz CT molecular complexity index is 481. The topological polar surface area (TPSA) is 60.2 Å². The first-order valence-corrected chi connectivity index (χ1v) is 5.69. The first kappa shape index (κ1) is 11.3. The van der Waals surface area contributed by atoms with Crippen LogP contribution in [0.5, 0.6) is 5.75 Å². The van der Waals surface area contributed by atoms with Gasteiger partial charge in [0.2, 0.25) is 0 Å². The fraction of sp³-hybridized carbons (Fsp3) is 0.200. The minimum absolute atomic E-state index is 0.103. The van der Waals surface area contributed by atoms with Gasteiger partial charge in [0.1, 0.15) is 15.1 Å². The zero-order chi connectivity index (χ0) is 11.5. The van der Waals surface area contributed by atoms with Gasteiger partial charge in [-0.05, 0) is 46.9 Å². The van der Waals surface area contributed by atoms with E-state index in [2.05, 4.69) is 32.9 Å². The minimum Gasteiger partial charge on any atom is -0.497 e. The highest BCUT2D eigenvalue weighted by molar-refractivity contribution is 14.1. The molecular weight excluding hydrogens is 321 g/mol. The Morgan fingerprint density at radius 2 is 2.06 bits per heavy atom. The van der Waals surface area contributed by atoms with Gasteiger partial charge in [-0.1, -0.05) is 5.21 Å².